The van der Waals surface area contributed by atoms with E-state index in [4.69, 9.17) is 4.74 Å². The first kappa shape index (κ1) is 20.4. The monoisotopic (exact) mass is 514 g/mol. The lowest BCUT2D eigenvalue weighted by Gasteiger charge is -2.07. The lowest BCUT2D eigenvalue weighted by atomic mass is 10.2. The predicted molar refractivity (Wildman–Crippen MR) is 115 cm³/mol. The van der Waals surface area contributed by atoms with Gasteiger partial charge in [-0.2, -0.15) is 0 Å². The van der Waals surface area contributed by atoms with Crippen LogP contribution in [0.1, 0.15) is 12.8 Å². The van der Waals surface area contributed by atoms with Gasteiger partial charge in [0.1, 0.15) is 5.75 Å². The summed E-state index contributed by atoms with van der Waals surface area (Å²) in [6, 6.07) is 12.1. The second kappa shape index (κ2) is 8.77. The second-order valence-corrected chi connectivity index (χ2v) is 9.72. The highest BCUT2D eigenvalue weighted by molar-refractivity contribution is 9.10. The van der Waals surface area contributed by atoms with Gasteiger partial charge in [-0.1, -0.05) is 31.9 Å². The van der Waals surface area contributed by atoms with Gasteiger partial charge in [0.05, 0.1) is 23.2 Å². The highest BCUT2D eigenvalue weighted by Crippen LogP contribution is 2.33. The highest BCUT2D eigenvalue weighted by Gasteiger charge is 2.22. The van der Waals surface area contributed by atoms with Crippen molar-refractivity contribution < 1.29 is 13.2 Å². The van der Waals surface area contributed by atoms with Crippen LogP contribution in [0, 0.1) is 0 Å². The Morgan fingerprint density at radius 3 is 2.44 bits per heavy atom. The fourth-order valence-electron chi connectivity index (χ4n) is 2.76. The van der Waals surface area contributed by atoms with Crippen molar-refractivity contribution >= 4 is 52.8 Å². The van der Waals surface area contributed by atoms with E-state index in [0.717, 1.165) is 33.7 Å². The number of ether oxygens (including phenoxy) is 1. The summed E-state index contributed by atoms with van der Waals surface area (Å²) in [7, 11) is -1.81. The van der Waals surface area contributed by atoms with E-state index in [1.807, 2.05) is 19.2 Å². The highest BCUT2D eigenvalue weighted by atomic mass is 79.9. The Bertz CT molecular complexity index is 1030. The molecule has 0 bridgehead atoms. The van der Waals surface area contributed by atoms with E-state index in [-0.39, 0.29) is 4.90 Å². The molecule has 0 saturated heterocycles. The van der Waals surface area contributed by atoms with Crippen molar-refractivity contribution in [2.45, 2.75) is 17.7 Å². The van der Waals surface area contributed by atoms with Gasteiger partial charge in [0.25, 0.3) is 10.0 Å². The van der Waals surface area contributed by atoms with Crippen LogP contribution in [0.25, 0.3) is 10.9 Å². The molecule has 0 atom stereocenters. The fraction of sp³-hybridized carbons (Fsp3) is 0.263. The summed E-state index contributed by atoms with van der Waals surface area (Å²) >= 11 is 6.79. The Hall–Kier alpha value is -1.35. The van der Waals surface area contributed by atoms with Gasteiger partial charge >= 0.3 is 0 Å². The number of nitrogens with zero attached hydrogens (tertiary/aromatic N) is 1. The minimum absolute atomic E-state index is 0.228. The van der Waals surface area contributed by atoms with Crippen LogP contribution in [0.15, 0.2) is 62.5 Å². The number of aromatic nitrogens is 1. The molecule has 0 amide bonds. The molecular weight excluding hydrogens is 496 g/mol. The van der Waals surface area contributed by atoms with Crippen LogP contribution in [0.4, 0.5) is 0 Å². The summed E-state index contributed by atoms with van der Waals surface area (Å²) < 4.78 is 35.2. The van der Waals surface area contributed by atoms with Crippen LogP contribution in [0.2, 0.25) is 0 Å². The number of fused-ring (bicyclic) bond motifs is 1. The molecule has 1 heterocycles. The van der Waals surface area contributed by atoms with E-state index < -0.39 is 10.0 Å². The van der Waals surface area contributed by atoms with E-state index in [9.17, 15) is 8.42 Å². The van der Waals surface area contributed by atoms with E-state index in [1.54, 1.807) is 36.5 Å². The van der Waals surface area contributed by atoms with Gasteiger partial charge in [-0.15, -0.1) is 0 Å². The molecule has 5 nitrogen and oxygen atoms in total. The lowest BCUT2D eigenvalue weighted by molar-refractivity contribution is 0.309. The molecule has 0 unspecified atom stereocenters. The minimum atomic E-state index is -3.72. The Kier molecular flexibility index (Phi) is 6.62. The molecule has 0 aliphatic rings. The molecule has 0 radical (unpaired) electrons. The molecule has 8 heteroatoms. The number of hydrogen-bond acceptors (Lipinski definition) is 4. The standard InChI is InChI=1S/C19H20Br2N2O3S/c1-22-10-2-3-11-26-19-13-23(18-9-6-15(21)12-17(18)19)27(24,25)16-7-4-14(20)5-8-16/h4-9,12-13,22H,2-3,10-11H2,1H3. The lowest BCUT2D eigenvalue weighted by Crippen LogP contribution is -2.11. The Morgan fingerprint density at radius 1 is 1.04 bits per heavy atom. The molecule has 0 spiro atoms. The second-order valence-electron chi connectivity index (χ2n) is 6.07. The number of hydrogen-bond donors (Lipinski definition) is 1. The molecule has 1 N–H and O–H groups in total. The predicted octanol–water partition coefficient (Wildman–Crippen LogP) is 4.78. The van der Waals surface area contributed by atoms with Crippen LogP contribution in [-0.4, -0.2) is 32.6 Å². The first-order valence-corrected chi connectivity index (χ1v) is 11.6. The number of nitrogens with one attached hydrogen (secondary N) is 1. The van der Waals surface area contributed by atoms with E-state index in [2.05, 4.69) is 37.2 Å². The van der Waals surface area contributed by atoms with Crippen molar-refractivity contribution in [1.82, 2.24) is 9.29 Å². The van der Waals surface area contributed by atoms with Crippen molar-refractivity contribution in [3.63, 3.8) is 0 Å². The molecule has 1 aromatic heterocycles. The van der Waals surface area contributed by atoms with Crippen molar-refractivity contribution in [3.05, 3.63) is 57.6 Å². The zero-order chi connectivity index (χ0) is 19.4. The van der Waals surface area contributed by atoms with Gasteiger partial charge in [0.15, 0.2) is 0 Å². The van der Waals surface area contributed by atoms with Crippen LogP contribution >= 0.6 is 31.9 Å². The molecule has 0 fully saturated rings. The van der Waals surface area contributed by atoms with E-state index >= 15 is 0 Å². The topological polar surface area (TPSA) is 60.3 Å². The minimum Gasteiger partial charge on any atom is -0.491 e. The van der Waals surface area contributed by atoms with Crippen molar-refractivity contribution in [1.29, 1.82) is 0 Å². The van der Waals surface area contributed by atoms with Gasteiger partial charge in [-0.05, 0) is 68.9 Å². The van der Waals surface area contributed by atoms with Crippen LogP contribution in [0.3, 0.4) is 0 Å². The molecule has 0 aliphatic carbocycles. The molecule has 3 aromatic rings. The number of rotatable bonds is 8. The first-order valence-electron chi connectivity index (χ1n) is 8.52. The molecule has 0 saturated carbocycles. The third kappa shape index (κ3) is 4.56. The maximum absolute atomic E-state index is 13.1. The maximum Gasteiger partial charge on any atom is 0.268 e. The smallest absolute Gasteiger partial charge is 0.268 e. The van der Waals surface area contributed by atoms with Crippen molar-refractivity contribution in [2.75, 3.05) is 20.2 Å². The first-order chi connectivity index (χ1) is 12.9. The van der Waals surface area contributed by atoms with Gasteiger partial charge in [-0.25, -0.2) is 12.4 Å². The number of unbranched alkanes of at least 4 members (excludes halogenated alkanes) is 1. The van der Waals surface area contributed by atoms with Crippen molar-refractivity contribution in [2.24, 2.45) is 0 Å². The summed E-state index contributed by atoms with van der Waals surface area (Å²) in [6.07, 6.45) is 3.45. The number of benzene rings is 2. The maximum atomic E-state index is 13.1. The fourth-order valence-corrected chi connectivity index (χ4v) is 4.75. The molecule has 3 rings (SSSR count). The van der Waals surface area contributed by atoms with Crippen LogP contribution < -0.4 is 10.1 Å². The SMILES string of the molecule is CNCCCCOc1cn(S(=O)(=O)c2ccc(Br)cc2)c2ccc(Br)cc12. The number of halogens is 2. The van der Waals surface area contributed by atoms with Gasteiger partial charge in [0.2, 0.25) is 0 Å². The third-order valence-electron chi connectivity index (χ3n) is 4.15. The van der Waals surface area contributed by atoms with Crippen molar-refractivity contribution in [3.8, 4) is 5.75 Å². The Morgan fingerprint density at radius 2 is 1.74 bits per heavy atom. The van der Waals surface area contributed by atoms with Gasteiger partial charge in [-0.3, -0.25) is 0 Å². The molecule has 144 valence electrons. The quantitative estimate of drug-likeness (QED) is 0.438. The summed E-state index contributed by atoms with van der Waals surface area (Å²) in [4.78, 5) is 0.228. The van der Waals surface area contributed by atoms with Gasteiger partial charge in [0, 0.05) is 14.3 Å². The molecule has 27 heavy (non-hydrogen) atoms. The third-order valence-corrected chi connectivity index (χ3v) is 6.85. The summed E-state index contributed by atoms with van der Waals surface area (Å²) in [5.41, 5.74) is 0.589. The molecular formula is C19H20Br2N2O3S. The summed E-state index contributed by atoms with van der Waals surface area (Å²) in [6.45, 7) is 1.46. The summed E-state index contributed by atoms with van der Waals surface area (Å²) in [5.74, 6) is 0.566. The van der Waals surface area contributed by atoms with Crippen LogP contribution in [0.5, 0.6) is 5.75 Å². The Labute approximate surface area is 176 Å². The average molecular weight is 516 g/mol. The average Bonchev–Trinajstić information content (AvgIpc) is 3.00. The normalized spacial score (nSPS) is 11.8. The molecule has 2 aromatic carbocycles. The van der Waals surface area contributed by atoms with E-state index in [1.165, 1.54) is 3.97 Å². The summed E-state index contributed by atoms with van der Waals surface area (Å²) in [5, 5.41) is 3.86. The van der Waals surface area contributed by atoms with Crippen LogP contribution in [-0.2, 0) is 10.0 Å². The van der Waals surface area contributed by atoms with E-state index in [0.29, 0.717) is 17.9 Å². The zero-order valence-corrected chi connectivity index (χ0v) is 18.8. The van der Waals surface area contributed by atoms with Gasteiger partial charge < -0.3 is 10.1 Å². The molecule has 0 aliphatic heterocycles. The Balaban J connectivity index is 1.99. The largest absolute Gasteiger partial charge is 0.491 e. The zero-order valence-electron chi connectivity index (χ0n) is 14.8.